The van der Waals surface area contributed by atoms with Gasteiger partial charge in [-0.3, -0.25) is 9.69 Å². The van der Waals surface area contributed by atoms with Gasteiger partial charge >= 0.3 is 0 Å². The third-order valence-corrected chi connectivity index (χ3v) is 5.76. The van der Waals surface area contributed by atoms with Crippen LogP contribution in [0.15, 0.2) is 24.8 Å². The monoisotopic (exact) mass is 401 g/mol. The first-order valence-electron chi connectivity index (χ1n) is 9.86. The maximum absolute atomic E-state index is 12.7. The van der Waals surface area contributed by atoms with Gasteiger partial charge in [0.1, 0.15) is 11.8 Å². The molecule has 0 spiro atoms. The molecule has 2 aromatic rings. The molecule has 0 saturated carbocycles. The van der Waals surface area contributed by atoms with Gasteiger partial charge in [0.25, 0.3) is 0 Å². The Labute approximate surface area is 169 Å². The smallest absolute Gasteiger partial charge is 0.246 e. The lowest BCUT2D eigenvalue weighted by Gasteiger charge is -2.42. The molecule has 0 radical (unpaired) electrons. The number of carbonyl (C=O) groups is 1. The Balaban J connectivity index is 1.48. The Bertz CT molecular complexity index is 904. The second kappa shape index (κ2) is 8.05. The van der Waals surface area contributed by atoms with Crippen molar-refractivity contribution in [3.05, 3.63) is 24.8 Å². The number of nitrogens with two attached hydrogens (primary N) is 1. The van der Waals surface area contributed by atoms with Crippen LogP contribution in [0.5, 0.6) is 0 Å². The summed E-state index contributed by atoms with van der Waals surface area (Å²) >= 11 is 0. The van der Waals surface area contributed by atoms with Gasteiger partial charge in [-0.2, -0.15) is 0 Å². The van der Waals surface area contributed by atoms with E-state index >= 15 is 0 Å². The van der Waals surface area contributed by atoms with E-state index in [0.717, 1.165) is 32.8 Å². The number of nitrogens with zero attached hydrogens (tertiary/aromatic N) is 6. The molecule has 2 aliphatic rings. The van der Waals surface area contributed by atoms with E-state index in [1.54, 1.807) is 28.8 Å². The summed E-state index contributed by atoms with van der Waals surface area (Å²) in [5, 5.41) is 11.0. The van der Waals surface area contributed by atoms with Gasteiger partial charge in [-0.1, -0.05) is 6.08 Å². The number of hydrogen-bond donors (Lipinski definition) is 2. The number of morpholine rings is 1. The summed E-state index contributed by atoms with van der Waals surface area (Å²) in [6.45, 7) is 6.60. The fraction of sp³-hybridized carbons (Fsp3) is 0.579. The summed E-state index contributed by atoms with van der Waals surface area (Å²) in [5.41, 5.74) is 5.94. The fourth-order valence-corrected chi connectivity index (χ4v) is 3.90. The van der Waals surface area contributed by atoms with E-state index in [9.17, 15) is 9.90 Å². The molecule has 0 unspecified atom stereocenters. The van der Waals surface area contributed by atoms with Crippen LogP contribution in [0, 0.1) is 0 Å². The number of ether oxygens (including phenoxy) is 1. The van der Waals surface area contributed by atoms with Gasteiger partial charge in [0.2, 0.25) is 5.91 Å². The highest BCUT2D eigenvalue weighted by Gasteiger charge is 2.40. The van der Waals surface area contributed by atoms with Crippen LogP contribution in [-0.2, 0) is 9.53 Å². The number of likely N-dealkylation sites (tertiary alicyclic amines) is 1. The third-order valence-electron chi connectivity index (χ3n) is 5.76. The minimum atomic E-state index is -0.998. The van der Waals surface area contributed by atoms with Crippen molar-refractivity contribution in [2.45, 2.75) is 25.0 Å². The summed E-state index contributed by atoms with van der Waals surface area (Å²) in [6.07, 6.45) is 6.97. The highest BCUT2D eigenvalue weighted by Crippen LogP contribution is 2.34. The standard InChI is InChI=1S/C19H27N7O3/c1-19(28)4-6-25(15(27)3-2-5-24-7-9-29-10-8-24)11-14(19)26-13-23-16-17(20)21-12-22-18(16)26/h2-3,12-14,28H,4-11H2,1H3,(H2,20,21,22)/b3-2+/t14-,19-/m1/s1. The fourth-order valence-electron chi connectivity index (χ4n) is 3.90. The van der Waals surface area contributed by atoms with Crippen molar-refractivity contribution in [3.63, 3.8) is 0 Å². The number of piperidine rings is 1. The molecule has 1 amide bonds. The van der Waals surface area contributed by atoms with Crippen LogP contribution >= 0.6 is 0 Å². The molecule has 29 heavy (non-hydrogen) atoms. The van der Waals surface area contributed by atoms with E-state index in [1.165, 1.54) is 6.33 Å². The first kappa shape index (κ1) is 19.7. The minimum absolute atomic E-state index is 0.0580. The summed E-state index contributed by atoms with van der Waals surface area (Å²) in [5.74, 6) is 0.237. The normalized spacial score (nSPS) is 26.4. The topological polar surface area (TPSA) is 123 Å². The summed E-state index contributed by atoms with van der Waals surface area (Å²) in [4.78, 5) is 29.3. The van der Waals surface area contributed by atoms with E-state index in [-0.39, 0.29) is 11.9 Å². The van der Waals surface area contributed by atoms with Crippen LogP contribution in [0.1, 0.15) is 19.4 Å². The number of rotatable bonds is 4. The van der Waals surface area contributed by atoms with E-state index in [2.05, 4.69) is 19.9 Å². The molecule has 10 heteroatoms. The van der Waals surface area contributed by atoms with Gasteiger partial charge in [-0.25, -0.2) is 15.0 Å². The molecule has 2 atom stereocenters. The van der Waals surface area contributed by atoms with Gasteiger partial charge in [0.15, 0.2) is 11.5 Å². The first-order chi connectivity index (χ1) is 14.0. The molecule has 2 aliphatic heterocycles. The average molecular weight is 401 g/mol. The number of aliphatic hydroxyl groups is 1. The van der Waals surface area contributed by atoms with Crippen molar-refractivity contribution in [1.29, 1.82) is 0 Å². The van der Waals surface area contributed by atoms with Crippen molar-refractivity contribution in [2.75, 3.05) is 51.7 Å². The molecular weight excluding hydrogens is 374 g/mol. The highest BCUT2D eigenvalue weighted by molar-refractivity contribution is 5.87. The van der Waals surface area contributed by atoms with Crippen molar-refractivity contribution in [1.82, 2.24) is 29.3 Å². The Morgan fingerprint density at radius 1 is 1.34 bits per heavy atom. The number of fused-ring (bicyclic) bond motifs is 1. The molecule has 156 valence electrons. The Kier molecular flexibility index (Phi) is 5.48. The second-order valence-electron chi connectivity index (χ2n) is 7.81. The number of aromatic nitrogens is 4. The maximum atomic E-state index is 12.7. The van der Waals surface area contributed by atoms with Crippen molar-refractivity contribution in [2.24, 2.45) is 0 Å². The summed E-state index contributed by atoms with van der Waals surface area (Å²) < 4.78 is 7.13. The largest absolute Gasteiger partial charge is 0.388 e. The molecule has 2 saturated heterocycles. The maximum Gasteiger partial charge on any atom is 0.246 e. The number of nitrogen functional groups attached to an aromatic ring is 1. The molecule has 3 N–H and O–H groups in total. The van der Waals surface area contributed by atoms with E-state index in [0.29, 0.717) is 36.5 Å². The van der Waals surface area contributed by atoms with Gasteiger partial charge in [-0.15, -0.1) is 0 Å². The number of imidazole rings is 1. The molecule has 0 aromatic carbocycles. The molecule has 2 fully saturated rings. The zero-order valence-corrected chi connectivity index (χ0v) is 16.6. The molecule has 4 heterocycles. The summed E-state index contributed by atoms with van der Waals surface area (Å²) in [6, 6.07) is -0.382. The molecular formula is C19H27N7O3. The van der Waals surface area contributed by atoms with E-state index < -0.39 is 5.60 Å². The van der Waals surface area contributed by atoms with Crippen LogP contribution in [0.3, 0.4) is 0 Å². The molecule has 2 aromatic heterocycles. The van der Waals surface area contributed by atoms with Crippen molar-refractivity contribution >= 4 is 22.9 Å². The van der Waals surface area contributed by atoms with E-state index in [1.807, 2.05) is 6.08 Å². The van der Waals surface area contributed by atoms with Crippen molar-refractivity contribution < 1.29 is 14.6 Å². The lowest BCUT2D eigenvalue weighted by Crippen LogP contribution is -2.52. The van der Waals surface area contributed by atoms with Crippen LogP contribution in [0.25, 0.3) is 11.2 Å². The number of carbonyl (C=O) groups excluding carboxylic acids is 1. The van der Waals surface area contributed by atoms with Crippen LogP contribution in [-0.4, -0.2) is 91.9 Å². The Morgan fingerprint density at radius 3 is 2.93 bits per heavy atom. The van der Waals surface area contributed by atoms with Crippen LogP contribution in [0.2, 0.25) is 0 Å². The minimum Gasteiger partial charge on any atom is -0.388 e. The predicted molar refractivity (Wildman–Crippen MR) is 107 cm³/mol. The zero-order valence-electron chi connectivity index (χ0n) is 16.6. The van der Waals surface area contributed by atoms with Gasteiger partial charge in [0.05, 0.1) is 31.2 Å². The second-order valence-corrected chi connectivity index (χ2v) is 7.81. The SMILES string of the molecule is C[C@@]1(O)CCN(C(=O)/C=C/CN2CCOCC2)C[C@H]1n1cnc2c(N)ncnc21. The lowest BCUT2D eigenvalue weighted by atomic mass is 9.88. The quantitative estimate of drug-likeness (QED) is 0.677. The zero-order chi connectivity index (χ0) is 20.4. The first-order valence-corrected chi connectivity index (χ1v) is 9.86. The molecule has 4 rings (SSSR count). The average Bonchev–Trinajstić information content (AvgIpc) is 3.14. The predicted octanol–water partition coefficient (Wildman–Crippen LogP) is -0.179. The Hall–Kier alpha value is -2.56. The number of anilines is 1. The summed E-state index contributed by atoms with van der Waals surface area (Å²) in [7, 11) is 0. The molecule has 0 bridgehead atoms. The van der Waals surface area contributed by atoms with Crippen LogP contribution in [0.4, 0.5) is 5.82 Å². The third kappa shape index (κ3) is 4.09. The van der Waals surface area contributed by atoms with Gasteiger partial charge < -0.3 is 25.0 Å². The Morgan fingerprint density at radius 2 is 2.14 bits per heavy atom. The molecule has 0 aliphatic carbocycles. The van der Waals surface area contributed by atoms with Gasteiger partial charge in [0, 0.05) is 38.8 Å². The van der Waals surface area contributed by atoms with Gasteiger partial charge in [-0.05, 0) is 13.3 Å². The van der Waals surface area contributed by atoms with Crippen LogP contribution < -0.4 is 5.73 Å². The lowest BCUT2D eigenvalue weighted by molar-refractivity contribution is -0.132. The highest BCUT2D eigenvalue weighted by atomic mass is 16.5. The van der Waals surface area contributed by atoms with E-state index in [4.69, 9.17) is 10.5 Å². The van der Waals surface area contributed by atoms with Crippen molar-refractivity contribution in [3.8, 4) is 0 Å². The molecule has 10 nitrogen and oxygen atoms in total. The number of amides is 1. The number of hydrogen-bond acceptors (Lipinski definition) is 8.